The predicted octanol–water partition coefficient (Wildman–Crippen LogP) is 7.59. The van der Waals surface area contributed by atoms with Crippen LogP contribution >= 0.6 is 0 Å². The molecule has 0 radical (unpaired) electrons. The maximum Gasteiger partial charge on any atom is 0.201 e. The van der Waals surface area contributed by atoms with Gasteiger partial charge in [-0.1, -0.05) is 64.5 Å². The minimum atomic E-state index is -1.15. The van der Waals surface area contributed by atoms with Gasteiger partial charge < -0.3 is 4.74 Å². The quantitative estimate of drug-likeness (QED) is 0.450. The third-order valence-corrected chi connectivity index (χ3v) is 6.10. The van der Waals surface area contributed by atoms with Crippen molar-refractivity contribution in [2.75, 3.05) is 6.61 Å². The summed E-state index contributed by atoms with van der Waals surface area (Å²) >= 11 is 0. The molecule has 2 aromatic carbocycles. The van der Waals surface area contributed by atoms with Crippen LogP contribution < -0.4 is 4.74 Å². The van der Waals surface area contributed by atoms with Gasteiger partial charge in [0.25, 0.3) is 0 Å². The molecule has 0 heterocycles. The lowest BCUT2D eigenvalue weighted by atomic mass is 9.80. The summed E-state index contributed by atoms with van der Waals surface area (Å²) in [6.45, 7) is 4.53. The fourth-order valence-electron chi connectivity index (χ4n) is 4.35. The van der Waals surface area contributed by atoms with Crippen LogP contribution in [0.4, 0.5) is 13.2 Å². The van der Waals surface area contributed by atoms with Crippen LogP contribution in [0.15, 0.2) is 18.2 Å². The van der Waals surface area contributed by atoms with Crippen molar-refractivity contribution in [3.63, 3.8) is 0 Å². The van der Waals surface area contributed by atoms with E-state index in [1.165, 1.54) is 38.2 Å². The van der Waals surface area contributed by atoms with Crippen LogP contribution in [0, 0.1) is 29.3 Å². The summed E-state index contributed by atoms with van der Waals surface area (Å²) in [5, 5.41) is 0.0711. The van der Waals surface area contributed by atoms with Gasteiger partial charge in [0, 0.05) is 0 Å². The normalized spacial score (nSPS) is 19.9. The molecule has 0 N–H and O–H groups in total. The Bertz CT molecular complexity index is 794. The molecule has 1 saturated carbocycles. The lowest BCUT2D eigenvalue weighted by molar-refractivity contribution is 0.173. The van der Waals surface area contributed by atoms with Gasteiger partial charge in [0.05, 0.1) is 12.0 Å². The van der Waals surface area contributed by atoms with Gasteiger partial charge in [0.15, 0.2) is 11.6 Å². The summed E-state index contributed by atoms with van der Waals surface area (Å²) < 4.78 is 49.3. The van der Waals surface area contributed by atoms with Gasteiger partial charge in [-0.2, -0.15) is 4.39 Å². The molecule has 0 aliphatic heterocycles. The second-order valence-electron chi connectivity index (χ2n) is 8.23. The molecule has 0 amide bonds. The first-order valence-electron chi connectivity index (χ1n) is 10.8. The van der Waals surface area contributed by atoms with Gasteiger partial charge in [-0.05, 0) is 48.1 Å². The van der Waals surface area contributed by atoms with Gasteiger partial charge >= 0.3 is 0 Å². The number of aryl methyl sites for hydroxylation is 1. The maximum atomic E-state index is 14.6. The zero-order valence-corrected chi connectivity index (χ0v) is 17.0. The van der Waals surface area contributed by atoms with Gasteiger partial charge in [-0.15, -0.1) is 0 Å². The summed E-state index contributed by atoms with van der Waals surface area (Å²) in [6, 6.07) is 4.73. The molecule has 28 heavy (non-hydrogen) atoms. The van der Waals surface area contributed by atoms with Crippen molar-refractivity contribution in [1.82, 2.24) is 0 Å². The molecule has 0 unspecified atom stereocenters. The Kier molecular flexibility index (Phi) is 7.25. The number of rotatable bonds is 8. The highest BCUT2D eigenvalue weighted by Crippen LogP contribution is 2.35. The van der Waals surface area contributed by atoms with Crippen molar-refractivity contribution in [2.45, 2.75) is 71.6 Å². The van der Waals surface area contributed by atoms with E-state index in [9.17, 15) is 13.2 Å². The van der Waals surface area contributed by atoms with Gasteiger partial charge in [-0.3, -0.25) is 0 Å². The Hall–Kier alpha value is -1.71. The molecular formula is C24H31F3O. The van der Waals surface area contributed by atoms with E-state index in [4.69, 9.17) is 4.74 Å². The van der Waals surface area contributed by atoms with E-state index in [1.54, 1.807) is 12.1 Å². The fourth-order valence-corrected chi connectivity index (χ4v) is 4.35. The molecule has 1 nitrogen and oxygen atoms in total. The zero-order chi connectivity index (χ0) is 20.1. The number of ether oxygens (including phenoxy) is 1. The molecule has 4 heteroatoms. The van der Waals surface area contributed by atoms with Crippen molar-refractivity contribution in [1.29, 1.82) is 0 Å². The van der Waals surface area contributed by atoms with E-state index in [0.29, 0.717) is 29.9 Å². The molecule has 3 rings (SSSR count). The summed E-state index contributed by atoms with van der Waals surface area (Å²) in [5.41, 5.74) is 0.418. The monoisotopic (exact) mass is 392 g/mol. The highest BCUT2D eigenvalue weighted by molar-refractivity contribution is 5.86. The van der Waals surface area contributed by atoms with Crippen molar-refractivity contribution in [3.8, 4) is 5.75 Å². The van der Waals surface area contributed by atoms with Gasteiger partial charge in [-0.25, -0.2) is 8.78 Å². The first kappa shape index (κ1) is 21.0. The second kappa shape index (κ2) is 9.67. The molecule has 2 aromatic rings. The van der Waals surface area contributed by atoms with E-state index in [1.807, 2.05) is 6.92 Å². The Balaban J connectivity index is 1.69. The molecule has 1 aliphatic carbocycles. The van der Waals surface area contributed by atoms with Crippen LogP contribution in [-0.4, -0.2) is 6.61 Å². The highest BCUT2D eigenvalue weighted by atomic mass is 19.2. The average Bonchev–Trinajstić information content (AvgIpc) is 2.71. The SMILES string of the molecule is CCCCC1CCC(COc2cc3ccc(CCC)c(F)c3c(F)c2F)CC1. The smallest absolute Gasteiger partial charge is 0.201 e. The molecule has 0 aromatic heterocycles. The minimum absolute atomic E-state index is 0.110. The Morgan fingerprint density at radius 2 is 1.61 bits per heavy atom. The van der Waals surface area contributed by atoms with Crippen LogP contribution in [0.3, 0.4) is 0 Å². The van der Waals surface area contributed by atoms with Crippen molar-refractivity contribution >= 4 is 10.8 Å². The Morgan fingerprint density at radius 1 is 0.893 bits per heavy atom. The van der Waals surface area contributed by atoms with E-state index < -0.39 is 17.5 Å². The molecule has 154 valence electrons. The average molecular weight is 393 g/mol. The zero-order valence-electron chi connectivity index (χ0n) is 17.0. The van der Waals surface area contributed by atoms with Crippen LogP contribution in [0.5, 0.6) is 5.75 Å². The Labute approximate surface area is 166 Å². The second-order valence-corrected chi connectivity index (χ2v) is 8.23. The molecule has 1 fully saturated rings. The standard InChI is InChI=1S/C24H31F3O/c1-3-5-7-16-8-10-17(11-9-16)15-28-20-14-19-13-12-18(6-4-2)22(25)21(19)24(27)23(20)26/h12-14,16-17H,3-11,15H2,1-2H3. The van der Waals surface area contributed by atoms with Crippen LogP contribution in [0.25, 0.3) is 10.8 Å². The molecule has 1 aliphatic rings. The highest BCUT2D eigenvalue weighted by Gasteiger charge is 2.23. The van der Waals surface area contributed by atoms with E-state index in [-0.39, 0.29) is 11.1 Å². The van der Waals surface area contributed by atoms with Crippen molar-refractivity contribution in [2.24, 2.45) is 11.8 Å². The summed E-state index contributed by atoms with van der Waals surface area (Å²) in [7, 11) is 0. The van der Waals surface area contributed by atoms with E-state index in [2.05, 4.69) is 6.92 Å². The number of halogens is 3. The molecule has 0 bridgehead atoms. The number of fused-ring (bicyclic) bond motifs is 1. The molecule has 0 saturated heterocycles. The number of benzene rings is 2. The van der Waals surface area contributed by atoms with Crippen LogP contribution in [0.1, 0.15) is 70.8 Å². The summed E-state index contributed by atoms with van der Waals surface area (Å²) in [5.74, 6) is -1.83. The van der Waals surface area contributed by atoms with E-state index in [0.717, 1.165) is 25.2 Å². The topological polar surface area (TPSA) is 9.23 Å². The third-order valence-electron chi connectivity index (χ3n) is 6.10. The fraction of sp³-hybridized carbons (Fsp3) is 0.583. The van der Waals surface area contributed by atoms with Crippen LogP contribution in [-0.2, 0) is 6.42 Å². The maximum absolute atomic E-state index is 14.6. The van der Waals surface area contributed by atoms with Crippen molar-refractivity contribution < 1.29 is 17.9 Å². The first-order chi connectivity index (χ1) is 13.5. The number of unbranched alkanes of at least 4 members (excludes halogenated alkanes) is 1. The molecule has 0 atom stereocenters. The molecule has 0 spiro atoms. The first-order valence-corrected chi connectivity index (χ1v) is 10.8. The number of hydrogen-bond acceptors (Lipinski definition) is 1. The lowest BCUT2D eigenvalue weighted by Gasteiger charge is -2.28. The van der Waals surface area contributed by atoms with Gasteiger partial charge in [0.1, 0.15) is 5.82 Å². The Morgan fingerprint density at radius 3 is 2.29 bits per heavy atom. The largest absolute Gasteiger partial charge is 0.490 e. The number of hydrogen-bond donors (Lipinski definition) is 0. The summed E-state index contributed by atoms with van der Waals surface area (Å²) in [6.07, 6.45) is 9.57. The van der Waals surface area contributed by atoms with Crippen LogP contribution in [0.2, 0.25) is 0 Å². The molecular weight excluding hydrogens is 361 g/mol. The lowest BCUT2D eigenvalue weighted by Crippen LogP contribution is -2.20. The van der Waals surface area contributed by atoms with Crippen molar-refractivity contribution in [3.05, 3.63) is 41.2 Å². The van der Waals surface area contributed by atoms with Gasteiger partial charge in [0.2, 0.25) is 5.82 Å². The summed E-state index contributed by atoms with van der Waals surface area (Å²) in [4.78, 5) is 0. The predicted molar refractivity (Wildman–Crippen MR) is 108 cm³/mol. The minimum Gasteiger partial charge on any atom is -0.490 e. The third kappa shape index (κ3) is 4.64. The van der Waals surface area contributed by atoms with E-state index >= 15 is 0 Å².